The number of rotatable bonds is 10. The number of carbonyl (C=O) groups excluding carboxylic acids is 2. The lowest BCUT2D eigenvalue weighted by molar-refractivity contribution is 0.0955. The Morgan fingerprint density at radius 1 is 0.800 bits per heavy atom. The van der Waals surface area contributed by atoms with Crippen molar-refractivity contribution in [1.82, 2.24) is 5.32 Å². The van der Waals surface area contributed by atoms with Crippen LogP contribution in [-0.2, 0) is 19.4 Å². The third-order valence-electron chi connectivity index (χ3n) is 7.14. The maximum absolute atomic E-state index is 13.0. The average molecular weight is 536 g/mol. The van der Waals surface area contributed by atoms with E-state index in [1.165, 1.54) is 11.3 Å². The molecule has 4 aromatic rings. The Balaban J connectivity index is 1.18. The number of nitrogens with zero attached hydrogens (tertiary/aromatic N) is 1. The number of fused-ring (bicyclic) bond motifs is 1. The maximum atomic E-state index is 13.0. The van der Waals surface area contributed by atoms with E-state index >= 15 is 0 Å². The number of ether oxygens (including phenoxy) is 2. The van der Waals surface area contributed by atoms with Gasteiger partial charge in [0, 0.05) is 30.9 Å². The molecule has 40 heavy (non-hydrogen) atoms. The van der Waals surface area contributed by atoms with Crippen molar-refractivity contribution in [2.75, 3.05) is 37.5 Å². The number of carbonyl (C=O) groups is 2. The highest BCUT2D eigenvalue weighted by molar-refractivity contribution is 6.09. The van der Waals surface area contributed by atoms with E-state index in [4.69, 9.17) is 9.47 Å². The molecule has 1 aliphatic rings. The van der Waals surface area contributed by atoms with Gasteiger partial charge >= 0.3 is 0 Å². The molecule has 0 bridgehead atoms. The number of hydrogen-bond donors (Lipinski definition) is 2. The highest BCUT2D eigenvalue weighted by Crippen LogP contribution is 2.29. The number of hydrogen-bond acceptors (Lipinski definition) is 5. The molecule has 2 N–H and O–H groups in total. The fraction of sp³-hybridized carbons (Fsp3) is 0.212. The molecule has 7 heteroatoms. The topological polar surface area (TPSA) is 79.9 Å². The number of anilines is 2. The first-order chi connectivity index (χ1) is 19.6. The summed E-state index contributed by atoms with van der Waals surface area (Å²) in [4.78, 5) is 28.4. The van der Waals surface area contributed by atoms with Gasteiger partial charge in [-0.1, -0.05) is 48.5 Å². The molecule has 204 valence electrons. The molecule has 4 aromatic carbocycles. The van der Waals surface area contributed by atoms with Gasteiger partial charge in [0.15, 0.2) is 11.5 Å². The van der Waals surface area contributed by atoms with Crippen molar-refractivity contribution in [2.45, 2.75) is 19.4 Å². The molecule has 1 aliphatic heterocycles. The zero-order chi connectivity index (χ0) is 27.9. The van der Waals surface area contributed by atoms with Crippen molar-refractivity contribution < 1.29 is 19.1 Å². The van der Waals surface area contributed by atoms with Crippen LogP contribution in [0.2, 0.25) is 0 Å². The molecular weight excluding hydrogens is 502 g/mol. The molecule has 0 saturated carbocycles. The van der Waals surface area contributed by atoms with Crippen molar-refractivity contribution in [3.63, 3.8) is 0 Å². The van der Waals surface area contributed by atoms with Crippen LogP contribution in [0.4, 0.5) is 11.4 Å². The van der Waals surface area contributed by atoms with Crippen LogP contribution in [0.5, 0.6) is 11.5 Å². The first-order valence-electron chi connectivity index (χ1n) is 13.4. The van der Waals surface area contributed by atoms with Gasteiger partial charge in [-0.25, -0.2) is 0 Å². The van der Waals surface area contributed by atoms with Gasteiger partial charge in [-0.3, -0.25) is 9.59 Å². The zero-order valence-electron chi connectivity index (χ0n) is 22.8. The fourth-order valence-corrected chi connectivity index (χ4v) is 4.99. The van der Waals surface area contributed by atoms with Crippen LogP contribution in [0.25, 0.3) is 0 Å². The Morgan fingerprint density at radius 2 is 1.52 bits per heavy atom. The second-order valence-electron chi connectivity index (χ2n) is 9.69. The number of nitrogens with one attached hydrogen (secondary N) is 2. The van der Waals surface area contributed by atoms with Gasteiger partial charge in [0.2, 0.25) is 0 Å². The normalized spacial score (nSPS) is 12.0. The van der Waals surface area contributed by atoms with Crippen molar-refractivity contribution >= 4 is 23.2 Å². The van der Waals surface area contributed by atoms with Crippen LogP contribution >= 0.6 is 0 Å². The third kappa shape index (κ3) is 6.10. The smallest absolute Gasteiger partial charge is 0.255 e. The molecule has 0 fully saturated rings. The molecule has 1 heterocycles. The number of benzene rings is 4. The van der Waals surface area contributed by atoms with Crippen LogP contribution in [-0.4, -0.2) is 39.1 Å². The highest BCUT2D eigenvalue weighted by atomic mass is 16.5. The Labute approximate surface area is 234 Å². The van der Waals surface area contributed by atoms with Gasteiger partial charge < -0.3 is 25.0 Å². The molecular formula is C33H33N3O4. The molecule has 7 nitrogen and oxygen atoms in total. The zero-order valence-corrected chi connectivity index (χ0v) is 22.8. The van der Waals surface area contributed by atoms with Gasteiger partial charge in [-0.05, 0) is 72.0 Å². The summed E-state index contributed by atoms with van der Waals surface area (Å²) in [6, 6.07) is 28.8. The predicted molar refractivity (Wildman–Crippen MR) is 158 cm³/mol. The second kappa shape index (κ2) is 12.4. The lowest BCUT2D eigenvalue weighted by atomic mass is 10.1. The van der Waals surface area contributed by atoms with Gasteiger partial charge in [0.25, 0.3) is 11.8 Å². The summed E-state index contributed by atoms with van der Waals surface area (Å²) in [5.74, 6) is 0.794. The minimum atomic E-state index is -0.261. The molecule has 0 aliphatic carbocycles. The van der Waals surface area contributed by atoms with Gasteiger partial charge in [-0.15, -0.1) is 0 Å². The van der Waals surface area contributed by atoms with Crippen LogP contribution in [0.3, 0.4) is 0 Å². The fourth-order valence-electron chi connectivity index (χ4n) is 4.99. The van der Waals surface area contributed by atoms with E-state index in [2.05, 4.69) is 39.8 Å². The molecule has 2 amide bonds. The Morgan fingerprint density at radius 3 is 2.33 bits per heavy atom. The summed E-state index contributed by atoms with van der Waals surface area (Å²) < 4.78 is 10.6. The lowest BCUT2D eigenvalue weighted by Crippen LogP contribution is -2.27. The monoisotopic (exact) mass is 535 g/mol. The summed E-state index contributed by atoms with van der Waals surface area (Å²) in [7, 11) is 3.19. The standard InChI is InChI=1S/C33H33N3O4/c1-39-30-16-13-23(21-31(30)40-2)17-19-34-33(38)27-8-4-5-9-28(27)35-32(37)26-14-11-24(12-15-26)22-36-20-18-25-7-3-6-10-29(25)36/h3-16,21H,17-20,22H2,1-2H3,(H,34,38)(H,35,37). The van der Waals surface area contributed by atoms with Gasteiger partial charge in [-0.2, -0.15) is 0 Å². The SMILES string of the molecule is COc1ccc(CCNC(=O)c2ccccc2NC(=O)c2ccc(CN3CCc4ccccc43)cc2)cc1OC. The van der Waals surface area contributed by atoms with Crippen LogP contribution in [0.1, 0.15) is 37.4 Å². The summed E-state index contributed by atoms with van der Waals surface area (Å²) in [6.45, 7) is 2.22. The van der Waals surface area contributed by atoms with E-state index < -0.39 is 0 Å². The average Bonchev–Trinajstić information content (AvgIpc) is 3.40. The summed E-state index contributed by atoms with van der Waals surface area (Å²) in [5, 5.41) is 5.86. The Hall–Kier alpha value is -4.78. The van der Waals surface area contributed by atoms with Crippen LogP contribution < -0.4 is 25.0 Å². The Kier molecular flexibility index (Phi) is 8.30. The summed E-state index contributed by atoms with van der Waals surface area (Å²) in [5.41, 5.74) is 6.22. The van der Waals surface area contributed by atoms with Crippen molar-refractivity contribution in [3.05, 3.63) is 119 Å². The van der Waals surface area contributed by atoms with Gasteiger partial charge in [0.05, 0.1) is 25.5 Å². The lowest BCUT2D eigenvalue weighted by Gasteiger charge is -2.19. The molecule has 0 unspecified atom stereocenters. The van der Waals surface area contributed by atoms with Crippen LogP contribution in [0, 0.1) is 0 Å². The van der Waals surface area contributed by atoms with Crippen LogP contribution in [0.15, 0.2) is 91.0 Å². The quantitative estimate of drug-likeness (QED) is 0.281. The summed E-state index contributed by atoms with van der Waals surface area (Å²) >= 11 is 0. The van der Waals surface area contributed by atoms with E-state index in [0.717, 1.165) is 30.6 Å². The predicted octanol–water partition coefficient (Wildman–Crippen LogP) is 5.49. The van der Waals surface area contributed by atoms with E-state index in [9.17, 15) is 9.59 Å². The van der Waals surface area contributed by atoms with Crippen molar-refractivity contribution in [1.29, 1.82) is 0 Å². The number of para-hydroxylation sites is 2. The van der Waals surface area contributed by atoms with Gasteiger partial charge in [0.1, 0.15) is 0 Å². The number of amides is 2. The Bertz CT molecular complexity index is 1500. The van der Waals surface area contributed by atoms with E-state index in [1.807, 2.05) is 42.5 Å². The molecule has 0 atom stereocenters. The summed E-state index contributed by atoms with van der Waals surface area (Å²) in [6.07, 6.45) is 1.68. The largest absolute Gasteiger partial charge is 0.493 e. The van der Waals surface area contributed by atoms with Crippen molar-refractivity contribution in [3.8, 4) is 11.5 Å². The first-order valence-corrected chi connectivity index (χ1v) is 13.4. The maximum Gasteiger partial charge on any atom is 0.255 e. The molecule has 5 rings (SSSR count). The highest BCUT2D eigenvalue weighted by Gasteiger charge is 2.19. The van der Waals surface area contributed by atoms with E-state index in [-0.39, 0.29) is 11.8 Å². The molecule has 0 saturated heterocycles. The third-order valence-corrected chi connectivity index (χ3v) is 7.14. The van der Waals surface area contributed by atoms with E-state index in [0.29, 0.717) is 41.3 Å². The second-order valence-corrected chi connectivity index (χ2v) is 9.69. The first kappa shape index (κ1) is 26.8. The number of methoxy groups -OCH3 is 2. The minimum absolute atomic E-state index is 0.252. The molecule has 0 aromatic heterocycles. The van der Waals surface area contributed by atoms with Crippen molar-refractivity contribution in [2.24, 2.45) is 0 Å². The van der Waals surface area contributed by atoms with E-state index in [1.54, 1.807) is 38.5 Å². The molecule has 0 spiro atoms. The minimum Gasteiger partial charge on any atom is -0.493 e. The molecule has 0 radical (unpaired) electrons.